The van der Waals surface area contributed by atoms with Crippen molar-refractivity contribution in [3.05, 3.63) is 23.8 Å². The van der Waals surface area contributed by atoms with Crippen molar-refractivity contribution < 1.29 is 47.8 Å². The van der Waals surface area contributed by atoms with E-state index >= 15 is 0 Å². The average Bonchev–Trinajstić information content (AvgIpc) is 2.29. The SMILES string of the molecule is COCCOc1ccc(S(=O)[O-])cc1C(C)C.[Na+]. The van der Waals surface area contributed by atoms with Crippen LogP contribution in [0, 0.1) is 0 Å². The first kappa shape index (κ1) is 18.1. The van der Waals surface area contributed by atoms with Crippen molar-refractivity contribution in [3.63, 3.8) is 0 Å². The van der Waals surface area contributed by atoms with Crippen LogP contribution in [0.25, 0.3) is 0 Å². The Morgan fingerprint density at radius 1 is 1.33 bits per heavy atom. The zero-order chi connectivity index (χ0) is 12.8. The van der Waals surface area contributed by atoms with Crippen molar-refractivity contribution in [1.29, 1.82) is 0 Å². The molecule has 0 aliphatic heterocycles. The number of ether oxygens (including phenoxy) is 2. The van der Waals surface area contributed by atoms with Gasteiger partial charge in [0.2, 0.25) is 0 Å². The van der Waals surface area contributed by atoms with Gasteiger partial charge in [-0.3, -0.25) is 4.21 Å². The largest absolute Gasteiger partial charge is 1.00 e. The van der Waals surface area contributed by atoms with Gasteiger partial charge in [0, 0.05) is 12.0 Å². The quantitative estimate of drug-likeness (QED) is 0.384. The molecule has 6 heteroatoms. The van der Waals surface area contributed by atoms with Crippen LogP contribution in [0.5, 0.6) is 5.75 Å². The maximum atomic E-state index is 10.9. The third-order valence-corrected chi connectivity index (χ3v) is 2.98. The first-order chi connectivity index (χ1) is 8.06. The fourth-order valence-electron chi connectivity index (χ4n) is 1.45. The minimum absolute atomic E-state index is 0. The Morgan fingerprint density at radius 3 is 2.50 bits per heavy atom. The summed E-state index contributed by atoms with van der Waals surface area (Å²) in [6, 6.07) is 4.88. The molecule has 0 fully saturated rings. The van der Waals surface area contributed by atoms with Crippen LogP contribution in [0.1, 0.15) is 25.3 Å². The van der Waals surface area contributed by atoms with Gasteiger partial charge in [0.05, 0.1) is 6.61 Å². The summed E-state index contributed by atoms with van der Waals surface area (Å²) in [6.45, 7) is 4.95. The number of hydrogen-bond donors (Lipinski definition) is 0. The first-order valence-corrected chi connectivity index (χ1v) is 6.48. The van der Waals surface area contributed by atoms with Gasteiger partial charge in [-0.25, -0.2) is 0 Å². The van der Waals surface area contributed by atoms with Gasteiger partial charge in [-0.2, -0.15) is 0 Å². The van der Waals surface area contributed by atoms with Gasteiger partial charge in [-0.05, 0) is 40.8 Å². The summed E-state index contributed by atoms with van der Waals surface area (Å²) in [6.07, 6.45) is 0. The topological polar surface area (TPSA) is 58.6 Å². The number of methoxy groups -OCH3 is 1. The molecule has 1 rings (SSSR count). The third-order valence-electron chi connectivity index (χ3n) is 2.34. The Hall–Kier alpha value is 0.0900. The van der Waals surface area contributed by atoms with Crippen molar-refractivity contribution in [1.82, 2.24) is 0 Å². The number of benzene rings is 1. The van der Waals surface area contributed by atoms with Gasteiger partial charge in [-0.15, -0.1) is 0 Å². The van der Waals surface area contributed by atoms with Gasteiger partial charge in [0.1, 0.15) is 12.4 Å². The molecule has 1 unspecified atom stereocenters. The predicted molar refractivity (Wildman–Crippen MR) is 65.1 cm³/mol. The Balaban J connectivity index is 0.00000289. The van der Waals surface area contributed by atoms with Gasteiger partial charge < -0.3 is 14.0 Å². The molecule has 96 valence electrons. The average molecular weight is 280 g/mol. The van der Waals surface area contributed by atoms with Crippen molar-refractivity contribution in [3.8, 4) is 5.75 Å². The molecule has 0 saturated heterocycles. The van der Waals surface area contributed by atoms with Crippen LogP contribution in [0.2, 0.25) is 0 Å². The Bertz CT molecular complexity index is 396. The molecule has 0 aromatic heterocycles. The van der Waals surface area contributed by atoms with E-state index in [1.807, 2.05) is 13.8 Å². The summed E-state index contributed by atoms with van der Waals surface area (Å²) in [5, 5.41) is 0. The van der Waals surface area contributed by atoms with E-state index < -0.39 is 11.1 Å². The fourth-order valence-corrected chi connectivity index (χ4v) is 1.85. The summed E-state index contributed by atoms with van der Waals surface area (Å²) in [5.74, 6) is 0.919. The summed E-state index contributed by atoms with van der Waals surface area (Å²) in [5.41, 5.74) is 0.891. The molecular weight excluding hydrogens is 263 g/mol. The summed E-state index contributed by atoms with van der Waals surface area (Å²) < 4.78 is 32.2. The Labute approximate surface area is 133 Å². The van der Waals surface area contributed by atoms with Crippen LogP contribution >= 0.6 is 0 Å². The van der Waals surface area contributed by atoms with E-state index in [9.17, 15) is 8.76 Å². The minimum atomic E-state index is -2.20. The van der Waals surface area contributed by atoms with E-state index in [0.29, 0.717) is 19.0 Å². The Morgan fingerprint density at radius 2 is 2.00 bits per heavy atom. The van der Waals surface area contributed by atoms with E-state index in [4.69, 9.17) is 9.47 Å². The maximum absolute atomic E-state index is 10.9. The maximum Gasteiger partial charge on any atom is 1.00 e. The monoisotopic (exact) mass is 280 g/mol. The van der Waals surface area contributed by atoms with E-state index in [1.165, 1.54) is 6.07 Å². The number of rotatable bonds is 6. The molecule has 18 heavy (non-hydrogen) atoms. The van der Waals surface area contributed by atoms with Crippen LogP contribution in [0.3, 0.4) is 0 Å². The second kappa shape index (κ2) is 9.07. The van der Waals surface area contributed by atoms with Crippen molar-refractivity contribution >= 4 is 11.1 Å². The summed E-state index contributed by atoms with van der Waals surface area (Å²) in [4.78, 5) is 0.285. The predicted octanol–water partition coefficient (Wildman–Crippen LogP) is -0.923. The molecule has 1 atom stereocenters. The van der Waals surface area contributed by atoms with Crippen molar-refractivity contribution in [2.24, 2.45) is 0 Å². The molecule has 0 spiro atoms. The van der Waals surface area contributed by atoms with E-state index in [2.05, 4.69) is 0 Å². The molecular formula is C12H17NaO4S. The zero-order valence-corrected chi connectivity index (χ0v) is 14.1. The molecule has 0 N–H and O–H groups in total. The molecule has 1 aromatic rings. The van der Waals surface area contributed by atoms with Crippen LogP contribution in [-0.2, 0) is 15.8 Å². The smallest absolute Gasteiger partial charge is 0.768 e. The van der Waals surface area contributed by atoms with Crippen molar-refractivity contribution in [2.45, 2.75) is 24.7 Å². The minimum Gasteiger partial charge on any atom is -0.768 e. The molecule has 0 saturated carbocycles. The second-order valence-corrected chi connectivity index (χ2v) is 4.87. The van der Waals surface area contributed by atoms with Gasteiger partial charge in [0.25, 0.3) is 0 Å². The van der Waals surface area contributed by atoms with Gasteiger partial charge in [-0.1, -0.05) is 13.8 Å². The molecule has 4 nitrogen and oxygen atoms in total. The summed E-state index contributed by atoms with van der Waals surface area (Å²) >= 11 is -2.20. The summed E-state index contributed by atoms with van der Waals surface area (Å²) in [7, 11) is 1.61. The molecule has 0 aliphatic carbocycles. The second-order valence-electron chi connectivity index (χ2n) is 3.93. The van der Waals surface area contributed by atoms with Gasteiger partial charge >= 0.3 is 29.6 Å². The molecule has 1 aromatic carbocycles. The first-order valence-electron chi connectivity index (χ1n) is 5.41. The zero-order valence-electron chi connectivity index (χ0n) is 11.3. The van der Waals surface area contributed by atoms with E-state index in [-0.39, 0.29) is 40.4 Å². The van der Waals surface area contributed by atoms with Gasteiger partial charge in [0.15, 0.2) is 0 Å². The molecule has 0 heterocycles. The standard InChI is InChI=1S/C12H18O4S.Na/c1-9(2)11-8-10(17(13)14)4-5-12(11)16-7-6-15-3;/h4-5,8-9H,6-7H2,1-3H3,(H,13,14);/q;+1/p-1. The van der Waals surface area contributed by atoms with Crippen LogP contribution in [0.15, 0.2) is 23.1 Å². The molecule has 0 aliphatic rings. The molecule has 0 radical (unpaired) electrons. The Kier molecular flexibility index (Phi) is 9.11. The van der Waals surface area contributed by atoms with Crippen LogP contribution in [0.4, 0.5) is 0 Å². The third kappa shape index (κ3) is 5.38. The van der Waals surface area contributed by atoms with Crippen LogP contribution in [-0.4, -0.2) is 29.1 Å². The molecule has 0 amide bonds. The fraction of sp³-hybridized carbons (Fsp3) is 0.500. The van der Waals surface area contributed by atoms with E-state index in [1.54, 1.807) is 19.2 Å². The van der Waals surface area contributed by atoms with Crippen molar-refractivity contribution in [2.75, 3.05) is 20.3 Å². The molecule has 0 bridgehead atoms. The van der Waals surface area contributed by atoms with Crippen LogP contribution < -0.4 is 34.3 Å². The number of hydrogen-bond acceptors (Lipinski definition) is 4. The normalized spacial score (nSPS) is 12.1. The van der Waals surface area contributed by atoms with E-state index in [0.717, 1.165) is 5.56 Å².